The van der Waals surface area contributed by atoms with Crippen LogP contribution in [0.2, 0.25) is 0 Å². The van der Waals surface area contributed by atoms with Crippen LogP contribution in [0.5, 0.6) is 0 Å². The van der Waals surface area contributed by atoms with Crippen LogP contribution in [0.1, 0.15) is 27.6 Å². The molecule has 8 nitrogen and oxygen atoms in total. The summed E-state index contributed by atoms with van der Waals surface area (Å²) in [6, 6.07) is 15.9. The van der Waals surface area contributed by atoms with E-state index in [9.17, 15) is 14.4 Å². The molecule has 164 valence electrons. The van der Waals surface area contributed by atoms with Gasteiger partial charge >= 0.3 is 0 Å². The number of ketones is 1. The van der Waals surface area contributed by atoms with Crippen molar-refractivity contribution in [3.63, 3.8) is 0 Å². The summed E-state index contributed by atoms with van der Waals surface area (Å²) in [5, 5.41) is 9.92. The van der Waals surface area contributed by atoms with E-state index >= 15 is 0 Å². The molecule has 1 aliphatic heterocycles. The Kier molecular flexibility index (Phi) is 6.02. The monoisotopic (exact) mass is 431 g/mol. The summed E-state index contributed by atoms with van der Waals surface area (Å²) >= 11 is 0. The Morgan fingerprint density at radius 1 is 1.06 bits per heavy atom. The van der Waals surface area contributed by atoms with Gasteiger partial charge in [-0.3, -0.25) is 19.5 Å². The molecule has 1 saturated heterocycles. The van der Waals surface area contributed by atoms with Crippen LogP contribution in [-0.2, 0) is 4.79 Å². The highest BCUT2D eigenvalue weighted by molar-refractivity contribution is 6.44. The Balaban J connectivity index is 1.48. The van der Waals surface area contributed by atoms with Gasteiger partial charge < -0.3 is 15.1 Å². The molecule has 0 unspecified atom stereocenters. The smallest absolute Gasteiger partial charge is 0.295 e. The van der Waals surface area contributed by atoms with Crippen molar-refractivity contribution in [2.24, 2.45) is 0 Å². The highest BCUT2D eigenvalue weighted by atomic mass is 16.2. The zero-order valence-corrected chi connectivity index (χ0v) is 18.0. The van der Waals surface area contributed by atoms with Crippen LogP contribution in [0.3, 0.4) is 0 Å². The van der Waals surface area contributed by atoms with Gasteiger partial charge in [-0.25, -0.2) is 0 Å². The molecule has 0 bridgehead atoms. The van der Waals surface area contributed by atoms with Crippen LogP contribution in [0.4, 0.5) is 5.69 Å². The van der Waals surface area contributed by atoms with Gasteiger partial charge in [0.1, 0.15) is 0 Å². The fourth-order valence-corrected chi connectivity index (χ4v) is 3.98. The van der Waals surface area contributed by atoms with Crippen molar-refractivity contribution in [2.75, 3.05) is 32.0 Å². The third-order valence-electron chi connectivity index (χ3n) is 5.72. The second kappa shape index (κ2) is 9.05. The second-order valence-corrected chi connectivity index (χ2v) is 7.76. The van der Waals surface area contributed by atoms with Gasteiger partial charge in [-0.1, -0.05) is 24.3 Å². The minimum atomic E-state index is -0.572. The minimum Gasteiger partial charge on any atom is -0.388 e. The molecule has 8 heteroatoms. The van der Waals surface area contributed by atoms with E-state index in [1.54, 1.807) is 53.4 Å². The standard InChI is InChI=1S/C24H25N5O3/c1-16-15-28(23(31)17-6-4-3-5-7-17)12-13-29(16)24(32)22(30)19-9-8-18(14-21(19)25-2)20-10-11-26-27-20/h3-11,14,16,25H,12-13,15H2,1-2H3,(H,26,27)/t16-/m1/s1. The number of aromatic nitrogens is 2. The maximum absolute atomic E-state index is 13.1. The van der Waals surface area contributed by atoms with E-state index in [2.05, 4.69) is 15.5 Å². The molecule has 1 aliphatic rings. The van der Waals surface area contributed by atoms with E-state index in [-0.39, 0.29) is 11.9 Å². The first kappa shape index (κ1) is 21.3. The maximum atomic E-state index is 13.1. The van der Waals surface area contributed by atoms with Gasteiger partial charge in [0, 0.05) is 55.7 Å². The molecule has 2 aromatic carbocycles. The van der Waals surface area contributed by atoms with Crippen molar-refractivity contribution >= 4 is 23.3 Å². The van der Waals surface area contributed by atoms with Crippen LogP contribution in [0, 0.1) is 0 Å². The summed E-state index contributed by atoms with van der Waals surface area (Å²) in [6.45, 7) is 2.93. The van der Waals surface area contributed by atoms with Crippen LogP contribution in [0.25, 0.3) is 11.3 Å². The van der Waals surface area contributed by atoms with E-state index in [1.165, 1.54) is 0 Å². The molecule has 0 aliphatic carbocycles. The number of Topliss-reactive ketones (excluding diaryl/α,β-unsaturated/α-hetero) is 1. The van der Waals surface area contributed by atoms with Crippen molar-refractivity contribution in [2.45, 2.75) is 13.0 Å². The lowest BCUT2D eigenvalue weighted by Gasteiger charge is -2.39. The summed E-state index contributed by atoms with van der Waals surface area (Å²) in [6.07, 6.45) is 1.72. The number of aromatic amines is 1. The van der Waals surface area contributed by atoms with E-state index in [1.807, 2.05) is 31.2 Å². The highest BCUT2D eigenvalue weighted by Gasteiger charge is 2.34. The number of carbonyl (C=O) groups excluding carboxylic acids is 3. The van der Waals surface area contributed by atoms with Crippen molar-refractivity contribution in [1.29, 1.82) is 0 Å². The second-order valence-electron chi connectivity index (χ2n) is 7.76. The Morgan fingerprint density at radius 3 is 2.50 bits per heavy atom. The third-order valence-corrected chi connectivity index (χ3v) is 5.72. The number of rotatable bonds is 5. The predicted molar refractivity (Wildman–Crippen MR) is 121 cm³/mol. The molecule has 2 amide bonds. The number of anilines is 1. The van der Waals surface area contributed by atoms with Gasteiger partial charge in [-0.15, -0.1) is 0 Å². The Morgan fingerprint density at radius 2 is 1.84 bits per heavy atom. The normalized spacial score (nSPS) is 16.0. The minimum absolute atomic E-state index is 0.0673. The lowest BCUT2D eigenvalue weighted by Crippen LogP contribution is -2.56. The molecule has 2 N–H and O–H groups in total. The highest BCUT2D eigenvalue weighted by Crippen LogP contribution is 2.25. The number of nitrogens with zero attached hydrogens (tertiary/aromatic N) is 3. The Labute approximate surface area is 186 Å². The zero-order valence-electron chi connectivity index (χ0n) is 18.0. The largest absolute Gasteiger partial charge is 0.388 e. The fraction of sp³-hybridized carbons (Fsp3) is 0.250. The number of hydrogen-bond acceptors (Lipinski definition) is 5. The SMILES string of the molecule is CNc1cc(-c2cc[nH]n2)ccc1C(=O)C(=O)N1CCN(C(=O)c2ccccc2)C[C@H]1C. The van der Waals surface area contributed by atoms with Gasteiger partial charge in [-0.2, -0.15) is 5.10 Å². The maximum Gasteiger partial charge on any atom is 0.295 e. The van der Waals surface area contributed by atoms with Gasteiger partial charge in [-0.05, 0) is 37.3 Å². The molecule has 0 saturated carbocycles. The number of nitrogens with one attached hydrogen (secondary N) is 2. The number of benzene rings is 2. The zero-order chi connectivity index (χ0) is 22.7. The average Bonchev–Trinajstić information content (AvgIpc) is 3.38. The first-order valence-electron chi connectivity index (χ1n) is 10.5. The van der Waals surface area contributed by atoms with Gasteiger partial charge in [0.15, 0.2) is 0 Å². The molecule has 1 aromatic heterocycles. The molecule has 32 heavy (non-hydrogen) atoms. The number of carbonyl (C=O) groups is 3. The lowest BCUT2D eigenvalue weighted by molar-refractivity contribution is -0.130. The molecular formula is C24H25N5O3. The van der Waals surface area contributed by atoms with E-state index in [0.717, 1.165) is 11.3 Å². The summed E-state index contributed by atoms with van der Waals surface area (Å²) in [4.78, 5) is 42.1. The molecule has 2 heterocycles. The van der Waals surface area contributed by atoms with Crippen molar-refractivity contribution in [1.82, 2.24) is 20.0 Å². The van der Waals surface area contributed by atoms with Crippen molar-refractivity contribution in [3.8, 4) is 11.3 Å². The van der Waals surface area contributed by atoms with Crippen molar-refractivity contribution in [3.05, 3.63) is 71.9 Å². The summed E-state index contributed by atoms with van der Waals surface area (Å²) in [5.74, 6) is -1.20. The van der Waals surface area contributed by atoms with Crippen LogP contribution in [-0.4, -0.2) is 70.3 Å². The molecular weight excluding hydrogens is 406 g/mol. The van der Waals surface area contributed by atoms with E-state index in [4.69, 9.17) is 0 Å². The predicted octanol–water partition coefficient (Wildman–Crippen LogP) is 2.67. The third kappa shape index (κ3) is 4.12. The molecule has 0 radical (unpaired) electrons. The molecule has 4 rings (SSSR count). The number of amides is 2. The van der Waals surface area contributed by atoms with Crippen molar-refractivity contribution < 1.29 is 14.4 Å². The molecule has 1 fully saturated rings. The molecule has 3 aromatic rings. The first-order valence-corrected chi connectivity index (χ1v) is 10.5. The summed E-state index contributed by atoms with van der Waals surface area (Å²) < 4.78 is 0. The van der Waals surface area contributed by atoms with E-state index < -0.39 is 11.7 Å². The molecule has 0 spiro atoms. The van der Waals surface area contributed by atoms with Gasteiger partial charge in [0.05, 0.1) is 11.3 Å². The van der Waals surface area contributed by atoms with Crippen LogP contribution in [0.15, 0.2) is 60.8 Å². The number of H-pyrrole nitrogens is 1. The van der Waals surface area contributed by atoms with Gasteiger partial charge in [0.2, 0.25) is 0 Å². The summed E-state index contributed by atoms with van der Waals surface area (Å²) in [7, 11) is 1.71. The van der Waals surface area contributed by atoms with E-state index in [0.29, 0.717) is 36.4 Å². The average molecular weight is 431 g/mol. The fourth-order valence-electron chi connectivity index (χ4n) is 3.98. The quantitative estimate of drug-likeness (QED) is 0.478. The van der Waals surface area contributed by atoms with Crippen LogP contribution < -0.4 is 5.32 Å². The number of piperazine rings is 1. The summed E-state index contributed by atoms with van der Waals surface area (Å²) in [5.41, 5.74) is 3.08. The van der Waals surface area contributed by atoms with Crippen LogP contribution >= 0.6 is 0 Å². The first-order chi connectivity index (χ1) is 15.5. The number of hydrogen-bond donors (Lipinski definition) is 2. The Bertz CT molecular complexity index is 1130. The lowest BCUT2D eigenvalue weighted by atomic mass is 10.0. The van der Waals surface area contributed by atoms with Gasteiger partial charge in [0.25, 0.3) is 17.6 Å². The Hall–Kier alpha value is -3.94. The molecule has 1 atom stereocenters. The topological polar surface area (TPSA) is 98.4 Å².